The molecule has 7 nitrogen and oxygen atoms in total. The van der Waals surface area contributed by atoms with Crippen LogP contribution in [0.15, 0.2) is 35.5 Å². The van der Waals surface area contributed by atoms with E-state index >= 15 is 0 Å². The molecule has 4 heterocycles. The summed E-state index contributed by atoms with van der Waals surface area (Å²) < 4.78 is 10.2. The number of hydrogen-bond acceptors (Lipinski definition) is 4. The van der Waals surface area contributed by atoms with E-state index < -0.39 is 11.4 Å². The summed E-state index contributed by atoms with van der Waals surface area (Å²) >= 11 is 0. The Hall–Kier alpha value is -3.35. The molecule has 0 amide bonds. The molecular formula is C27H29N3O4. The van der Waals surface area contributed by atoms with Crippen molar-refractivity contribution in [3.8, 4) is 28.1 Å². The molecule has 3 aliphatic rings. The number of hydrogen-bond donors (Lipinski definition) is 1. The summed E-state index contributed by atoms with van der Waals surface area (Å²) in [5, 5.41) is 14.2. The van der Waals surface area contributed by atoms with Gasteiger partial charge in [-0.2, -0.15) is 5.10 Å². The number of pyridine rings is 1. The Kier molecular flexibility index (Phi) is 4.41. The van der Waals surface area contributed by atoms with Crippen molar-refractivity contribution in [3.63, 3.8) is 0 Å². The number of carboxylic acids is 1. The van der Waals surface area contributed by atoms with E-state index in [-0.39, 0.29) is 29.0 Å². The Balaban J connectivity index is 1.66. The minimum absolute atomic E-state index is 0.0276. The van der Waals surface area contributed by atoms with Gasteiger partial charge in [-0.05, 0) is 43.7 Å². The number of rotatable bonds is 3. The number of fused-ring (bicyclic) bond motifs is 8. The number of aromatic nitrogens is 3. The summed E-state index contributed by atoms with van der Waals surface area (Å²) in [5.41, 5.74) is 5.67. The lowest BCUT2D eigenvalue weighted by Crippen LogP contribution is -2.32. The summed E-state index contributed by atoms with van der Waals surface area (Å²) in [4.78, 5) is 24.6. The Morgan fingerprint density at radius 2 is 2.06 bits per heavy atom. The van der Waals surface area contributed by atoms with Gasteiger partial charge in [0.05, 0.1) is 18.5 Å². The fourth-order valence-electron chi connectivity index (χ4n) is 6.39. The molecule has 6 rings (SSSR count). The molecule has 1 fully saturated rings. The third kappa shape index (κ3) is 2.85. The average Bonchev–Trinajstić information content (AvgIpc) is 3.51. The van der Waals surface area contributed by atoms with Gasteiger partial charge in [0, 0.05) is 65.1 Å². The van der Waals surface area contributed by atoms with Gasteiger partial charge in [-0.1, -0.05) is 13.8 Å². The molecule has 2 aromatic heterocycles. The van der Waals surface area contributed by atoms with Crippen LogP contribution in [0.2, 0.25) is 0 Å². The highest BCUT2D eigenvalue weighted by molar-refractivity contribution is 5.89. The van der Waals surface area contributed by atoms with Gasteiger partial charge in [0.25, 0.3) is 0 Å². The molecule has 0 radical (unpaired) electrons. The second kappa shape index (κ2) is 7.08. The van der Waals surface area contributed by atoms with E-state index in [0.29, 0.717) is 6.61 Å². The molecule has 1 N–H and O–H groups in total. The SMILES string of the molecule is CC(C)n1cc(-c2cc3c(c4c2OCC4)-c2cc(=O)c(C(=O)O)cn2C2C3CCC2(C)C)cn1. The van der Waals surface area contributed by atoms with Gasteiger partial charge in [0.2, 0.25) is 0 Å². The Labute approximate surface area is 198 Å². The predicted molar refractivity (Wildman–Crippen MR) is 129 cm³/mol. The van der Waals surface area contributed by atoms with E-state index in [0.717, 1.165) is 53.0 Å². The van der Waals surface area contributed by atoms with Crippen molar-refractivity contribution in [2.75, 3.05) is 6.61 Å². The van der Waals surface area contributed by atoms with Crippen LogP contribution < -0.4 is 10.2 Å². The fourth-order valence-corrected chi connectivity index (χ4v) is 6.39. The molecule has 2 unspecified atom stereocenters. The molecule has 1 aromatic carbocycles. The van der Waals surface area contributed by atoms with E-state index in [1.807, 2.05) is 10.9 Å². The van der Waals surface area contributed by atoms with Gasteiger partial charge in [-0.3, -0.25) is 9.48 Å². The minimum Gasteiger partial charge on any atom is -0.492 e. The van der Waals surface area contributed by atoms with Crippen LogP contribution in [0, 0.1) is 5.41 Å². The van der Waals surface area contributed by atoms with Gasteiger partial charge < -0.3 is 14.4 Å². The molecule has 0 spiro atoms. The normalized spacial score (nSPS) is 21.6. The van der Waals surface area contributed by atoms with E-state index in [2.05, 4.69) is 49.6 Å². The molecule has 2 atom stereocenters. The zero-order chi connectivity index (χ0) is 23.9. The second-order valence-corrected chi connectivity index (χ2v) is 10.8. The topological polar surface area (TPSA) is 86.4 Å². The maximum atomic E-state index is 12.8. The van der Waals surface area contributed by atoms with Crippen molar-refractivity contribution < 1.29 is 14.6 Å². The van der Waals surface area contributed by atoms with Crippen LogP contribution in [0.3, 0.4) is 0 Å². The quantitative estimate of drug-likeness (QED) is 0.592. The van der Waals surface area contributed by atoms with Crippen LogP contribution in [-0.4, -0.2) is 32.0 Å². The van der Waals surface area contributed by atoms with Crippen LogP contribution >= 0.6 is 0 Å². The van der Waals surface area contributed by atoms with Gasteiger partial charge in [-0.25, -0.2) is 4.79 Å². The van der Waals surface area contributed by atoms with Crippen LogP contribution in [-0.2, 0) is 6.42 Å². The molecule has 34 heavy (non-hydrogen) atoms. The molecule has 7 heteroatoms. The number of aromatic carboxylic acids is 1. The first-order chi connectivity index (χ1) is 16.2. The van der Waals surface area contributed by atoms with Crippen molar-refractivity contribution >= 4 is 5.97 Å². The first kappa shape index (κ1) is 21.2. The smallest absolute Gasteiger partial charge is 0.341 e. The van der Waals surface area contributed by atoms with Gasteiger partial charge in [0.15, 0.2) is 5.43 Å². The second-order valence-electron chi connectivity index (χ2n) is 10.8. The van der Waals surface area contributed by atoms with Crippen molar-refractivity contribution in [1.29, 1.82) is 0 Å². The number of benzene rings is 1. The summed E-state index contributed by atoms with van der Waals surface area (Å²) in [7, 11) is 0. The minimum atomic E-state index is -1.18. The molecule has 2 aliphatic heterocycles. The van der Waals surface area contributed by atoms with Gasteiger partial charge >= 0.3 is 5.97 Å². The van der Waals surface area contributed by atoms with Crippen LogP contribution in [0.4, 0.5) is 0 Å². The summed E-state index contributed by atoms with van der Waals surface area (Å²) in [6, 6.07) is 4.13. The highest BCUT2D eigenvalue weighted by atomic mass is 16.5. The summed E-state index contributed by atoms with van der Waals surface area (Å²) in [6.07, 6.45) is 8.37. The number of ether oxygens (including phenoxy) is 1. The highest BCUT2D eigenvalue weighted by Gasteiger charge is 2.48. The van der Waals surface area contributed by atoms with Crippen molar-refractivity contribution in [3.05, 3.63) is 57.6 Å². The Morgan fingerprint density at radius 3 is 2.76 bits per heavy atom. The molecule has 176 valence electrons. The zero-order valence-corrected chi connectivity index (χ0v) is 20.0. The van der Waals surface area contributed by atoms with Crippen LogP contribution in [0.25, 0.3) is 22.4 Å². The van der Waals surface area contributed by atoms with E-state index in [4.69, 9.17) is 4.74 Å². The zero-order valence-electron chi connectivity index (χ0n) is 20.0. The lowest BCUT2D eigenvalue weighted by Gasteiger charge is -2.40. The largest absolute Gasteiger partial charge is 0.492 e. The molecular weight excluding hydrogens is 430 g/mol. The van der Waals surface area contributed by atoms with E-state index in [9.17, 15) is 14.7 Å². The third-order valence-electron chi connectivity index (χ3n) is 8.00. The van der Waals surface area contributed by atoms with Crippen LogP contribution in [0.5, 0.6) is 5.75 Å². The van der Waals surface area contributed by atoms with E-state index in [1.54, 1.807) is 6.20 Å². The summed E-state index contributed by atoms with van der Waals surface area (Å²) in [5.74, 6) is -0.0740. The number of nitrogens with zero attached hydrogens (tertiary/aromatic N) is 3. The number of carboxylic acid groups (broad SMARTS) is 1. The lowest BCUT2D eigenvalue weighted by atomic mass is 9.75. The van der Waals surface area contributed by atoms with Crippen molar-refractivity contribution in [1.82, 2.24) is 14.3 Å². The lowest BCUT2D eigenvalue weighted by molar-refractivity contribution is 0.0693. The average molecular weight is 460 g/mol. The molecule has 0 saturated heterocycles. The van der Waals surface area contributed by atoms with Gasteiger partial charge in [-0.15, -0.1) is 0 Å². The monoisotopic (exact) mass is 459 g/mol. The third-order valence-corrected chi connectivity index (χ3v) is 8.00. The maximum Gasteiger partial charge on any atom is 0.341 e. The standard InChI is InChI=1S/C27H29N3O4/c1-14(2)30-12-15(11-28-30)18-9-19-16-5-7-27(3,4)25(16)29-13-20(26(32)33)22(31)10-21(29)23(19)17-6-8-34-24(17)18/h9-14,16,25H,5-8H2,1-4H3,(H,32,33). The maximum absolute atomic E-state index is 12.8. The fraction of sp³-hybridized carbons (Fsp3) is 0.444. The first-order valence-electron chi connectivity index (χ1n) is 12.0. The Morgan fingerprint density at radius 1 is 1.26 bits per heavy atom. The van der Waals surface area contributed by atoms with Gasteiger partial charge in [0.1, 0.15) is 11.3 Å². The molecule has 1 aliphatic carbocycles. The predicted octanol–water partition coefficient (Wildman–Crippen LogP) is 5.05. The summed E-state index contributed by atoms with van der Waals surface area (Å²) in [6.45, 7) is 9.30. The molecule has 1 saturated carbocycles. The van der Waals surface area contributed by atoms with Crippen LogP contribution in [0.1, 0.15) is 80.0 Å². The first-order valence-corrected chi connectivity index (χ1v) is 12.0. The Bertz CT molecular complexity index is 1410. The molecule has 3 aromatic rings. The number of carbonyl (C=O) groups is 1. The van der Waals surface area contributed by atoms with Crippen molar-refractivity contribution in [2.24, 2.45) is 5.41 Å². The van der Waals surface area contributed by atoms with Crippen molar-refractivity contribution in [2.45, 2.75) is 65.0 Å². The highest BCUT2D eigenvalue weighted by Crippen LogP contribution is 2.61. The molecule has 0 bridgehead atoms. The van der Waals surface area contributed by atoms with E-state index in [1.165, 1.54) is 11.6 Å².